The molecular formula is C15H22N4. The topological polar surface area (TPSA) is 22.1 Å². The van der Waals surface area contributed by atoms with Crippen molar-refractivity contribution in [3.8, 4) is 0 Å². The van der Waals surface area contributed by atoms with Crippen molar-refractivity contribution in [1.82, 2.24) is 9.91 Å². The molecule has 0 aromatic heterocycles. The maximum Gasteiger partial charge on any atom is 0.126 e. The molecule has 1 heterocycles. The average Bonchev–Trinajstić information content (AvgIpc) is 2.45. The lowest BCUT2D eigenvalue weighted by Crippen LogP contribution is -2.55. The van der Waals surface area contributed by atoms with Gasteiger partial charge in [0.25, 0.3) is 0 Å². The van der Waals surface area contributed by atoms with Crippen LogP contribution >= 0.6 is 0 Å². The zero-order valence-electron chi connectivity index (χ0n) is 12.1. The minimum absolute atomic E-state index is 0.240. The zero-order chi connectivity index (χ0) is 13.8. The molecule has 0 N–H and O–H groups in total. The standard InChI is InChI=1S/C15H22N4/c1-5-18(14-9-7-6-8-10-14)19-12-11-15(16-3)17(4)13(19)2/h6-13H,5H2,1-4H3. The van der Waals surface area contributed by atoms with Gasteiger partial charge in [0.15, 0.2) is 0 Å². The molecule has 0 radical (unpaired) electrons. The SMILES string of the molecule is CCN(c1ccccc1)N1C=CC(=NC)N(C)C1C. The molecule has 0 saturated heterocycles. The first-order chi connectivity index (χ1) is 9.19. The van der Waals surface area contributed by atoms with Crippen LogP contribution in [0, 0.1) is 0 Å². The van der Waals surface area contributed by atoms with Crippen LogP contribution in [0.1, 0.15) is 13.8 Å². The molecule has 1 aromatic carbocycles. The number of likely N-dealkylation sites (N-methyl/N-ethyl adjacent to an activating group) is 1. The van der Waals surface area contributed by atoms with E-state index in [1.165, 1.54) is 5.69 Å². The molecular weight excluding hydrogens is 236 g/mol. The molecule has 4 heteroatoms. The summed E-state index contributed by atoms with van der Waals surface area (Å²) in [6.45, 7) is 5.27. The van der Waals surface area contributed by atoms with Crippen molar-refractivity contribution in [2.75, 3.05) is 25.6 Å². The van der Waals surface area contributed by atoms with Gasteiger partial charge in [0, 0.05) is 26.8 Å². The fourth-order valence-corrected chi connectivity index (χ4v) is 2.35. The summed E-state index contributed by atoms with van der Waals surface area (Å²) < 4.78 is 0. The Morgan fingerprint density at radius 3 is 2.53 bits per heavy atom. The molecule has 0 aliphatic carbocycles. The van der Waals surface area contributed by atoms with Crippen LogP contribution in [0.15, 0.2) is 47.6 Å². The second kappa shape index (κ2) is 5.78. The first-order valence-electron chi connectivity index (χ1n) is 6.67. The van der Waals surface area contributed by atoms with Crippen LogP contribution in [0.4, 0.5) is 5.69 Å². The molecule has 0 bridgehead atoms. The highest BCUT2D eigenvalue weighted by atomic mass is 15.7. The molecule has 0 saturated carbocycles. The Bertz CT molecular complexity index is 466. The molecule has 0 fully saturated rings. The van der Waals surface area contributed by atoms with E-state index in [2.05, 4.69) is 71.3 Å². The first-order valence-corrected chi connectivity index (χ1v) is 6.67. The Morgan fingerprint density at radius 2 is 1.95 bits per heavy atom. The van der Waals surface area contributed by atoms with Gasteiger partial charge in [-0.25, -0.2) is 0 Å². The molecule has 1 aliphatic rings. The lowest BCUT2D eigenvalue weighted by atomic mass is 10.3. The molecule has 1 unspecified atom stereocenters. The fraction of sp³-hybridized carbons (Fsp3) is 0.400. The van der Waals surface area contributed by atoms with Crippen LogP contribution in [0.2, 0.25) is 0 Å². The molecule has 19 heavy (non-hydrogen) atoms. The Hall–Kier alpha value is -1.97. The number of hydrogen-bond acceptors (Lipinski definition) is 3. The number of rotatable bonds is 3. The maximum absolute atomic E-state index is 4.28. The van der Waals surface area contributed by atoms with Gasteiger partial charge in [-0.05, 0) is 32.1 Å². The lowest BCUT2D eigenvalue weighted by Gasteiger charge is -2.45. The zero-order valence-corrected chi connectivity index (χ0v) is 12.1. The van der Waals surface area contributed by atoms with E-state index in [0.717, 1.165) is 12.4 Å². The Morgan fingerprint density at radius 1 is 1.26 bits per heavy atom. The summed E-state index contributed by atoms with van der Waals surface area (Å²) in [6.07, 6.45) is 4.39. The average molecular weight is 258 g/mol. The highest BCUT2D eigenvalue weighted by Crippen LogP contribution is 2.21. The van der Waals surface area contributed by atoms with Crippen molar-refractivity contribution in [2.45, 2.75) is 20.0 Å². The second-order valence-corrected chi connectivity index (χ2v) is 4.57. The highest BCUT2D eigenvalue weighted by molar-refractivity contribution is 5.93. The van der Waals surface area contributed by atoms with E-state index in [1.54, 1.807) is 0 Å². The van der Waals surface area contributed by atoms with E-state index in [-0.39, 0.29) is 6.17 Å². The third-order valence-corrected chi connectivity index (χ3v) is 3.54. The highest BCUT2D eigenvalue weighted by Gasteiger charge is 2.25. The predicted octanol–water partition coefficient (Wildman–Crippen LogP) is 2.56. The summed E-state index contributed by atoms with van der Waals surface area (Å²) in [4.78, 5) is 6.45. The number of hydrogen-bond donors (Lipinski definition) is 0. The summed E-state index contributed by atoms with van der Waals surface area (Å²) in [7, 11) is 3.90. The van der Waals surface area contributed by atoms with Gasteiger partial charge in [0.05, 0.1) is 5.69 Å². The number of anilines is 1. The van der Waals surface area contributed by atoms with Crippen LogP contribution in [0.3, 0.4) is 0 Å². The fourth-order valence-electron chi connectivity index (χ4n) is 2.35. The van der Waals surface area contributed by atoms with Gasteiger partial charge in [-0.2, -0.15) is 0 Å². The normalized spacial score (nSPS) is 21.1. The van der Waals surface area contributed by atoms with Gasteiger partial charge in [-0.1, -0.05) is 18.2 Å². The largest absolute Gasteiger partial charge is 0.338 e. The first kappa shape index (κ1) is 13.5. The molecule has 0 amide bonds. The molecule has 0 spiro atoms. The summed E-state index contributed by atoms with van der Waals surface area (Å²) in [5, 5.41) is 4.51. The number of nitrogens with zero attached hydrogens (tertiary/aromatic N) is 4. The Labute approximate surface area is 115 Å². The van der Waals surface area contributed by atoms with E-state index >= 15 is 0 Å². The quantitative estimate of drug-likeness (QED) is 0.832. The molecule has 102 valence electrons. The minimum Gasteiger partial charge on any atom is -0.338 e. The van der Waals surface area contributed by atoms with Gasteiger partial charge < -0.3 is 4.90 Å². The van der Waals surface area contributed by atoms with Crippen molar-refractivity contribution in [3.05, 3.63) is 42.6 Å². The third-order valence-electron chi connectivity index (χ3n) is 3.54. The van der Waals surface area contributed by atoms with Crippen LogP contribution in [-0.2, 0) is 0 Å². The van der Waals surface area contributed by atoms with E-state index in [1.807, 2.05) is 19.2 Å². The van der Waals surface area contributed by atoms with Gasteiger partial charge in [0.1, 0.15) is 12.0 Å². The summed E-state index contributed by atoms with van der Waals surface area (Å²) in [6, 6.07) is 10.4. The number of benzene rings is 1. The molecule has 1 aromatic rings. The molecule has 1 aliphatic heterocycles. The van der Waals surface area contributed by atoms with Crippen molar-refractivity contribution in [3.63, 3.8) is 0 Å². The molecule has 1 atom stereocenters. The van der Waals surface area contributed by atoms with Gasteiger partial charge in [-0.3, -0.25) is 15.0 Å². The minimum atomic E-state index is 0.240. The Kier molecular flexibility index (Phi) is 4.10. The predicted molar refractivity (Wildman–Crippen MR) is 81.0 cm³/mol. The van der Waals surface area contributed by atoms with E-state index < -0.39 is 0 Å². The van der Waals surface area contributed by atoms with Crippen molar-refractivity contribution in [1.29, 1.82) is 0 Å². The van der Waals surface area contributed by atoms with E-state index in [9.17, 15) is 0 Å². The van der Waals surface area contributed by atoms with E-state index in [0.29, 0.717) is 0 Å². The van der Waals surface area contributed by atoms with Gasteiger partial charge in [-0.15, -0.1) is 0 Å². The number of amidine groups is 1. The summed E-state index contributed by atoms with van der Waals surface area (Å²) in [5.41, 5.74) is 1.20. The summed E-state index contributed by atoms with van der Waals surface area (Å²) >= 11 is 0. The van der Waals surface area contributed by atoms with Crippen LogP contribution < -0.4 is 5.01 Å². The Balaban J connectivity index is 2.30. The van der Waals surface area contributed by atoms with Gasteiger partial charge in [0.2, 0.25) is 0 Å². The second-order valence-electron chi connectivity index (χ2n) is 4.57. The van der Waals surface area contributed by atoms with Crippen molar-refractivity contribution < 1.29 is 0 Å². The maximum atomic E-state index is 4.28. The monoisotopic (exact) mass is 258 g/mol. The van der Waals surface area contributed by atoms with Crippen molar-refractivity contribution >= 4 is 11.5 Å². The van der Waals surface area contributed by atoms with Crippen LogP contribution in [0.5, 0.6) is 0 Å². The van der Waals surface area contributed by atoms with Crippen LogP contribution in [0.25, 0.3) is 0 Å². The summed E-state index contributed by atoms with van der Waals surface area (Å²) in [5.74, 6) is 1.01. The van der Waals surface area contributed by atoms with Crippen molar-refractivity contribution in [2.24, 2.45) is 4.99 Å². The molecule has 2 rings (SSSR count). The van der Waals surface area contributed by atoms with Gasteiger partial charge >= 0.3 is 0 Å². The number of hydrazine groups is 1. The number of aliphatic imine (C=N–C) groups is 1. The molecule has 4 nitrogen and oxygen atoms in total. The smallest absolute Gasteiger partial charge is 0.126 e. The van der Waals surface area contributed by atoms with E-state index in [4.69, 9.17) is 0 Å². The van der Waals surface area contributed by atoms with Crippen LogP contribution in [-0.4, -0.2) is 42.6 Å². The number of para-hydroxylation sites is 1. The lowest BCUT2D eigenvalue weighted by molar-refractivity contribution is 0.156. The third kappa shape index (κ3) is 2.57.